The van der Waals surface area contributed by atoms with Gasteiger partial charge in [-0.3, -0.25) is 0 Å². The van der Waals surface area contributed by atoms with Gasteiger partial charge >= 0.3 is 0 Å². The van der Waals surface area contributed by atoms with E-state index in [9.17, 15) is 0 Å². The number of rotatable bonds is 3. The third kappa shape index (κ3) is 1.93. The Morgan fingerprint density at radius 3 is 2.27 bits per heavy atom. The van der Waals surface area contributed by atoms with E-state index in [0.29, 0.717) is 0 Å². The van der Waals surface area contributed by atoms with Crippen LogP contribution in [0.4, 0.5) is 0 Å². The van der Waals surface area contributed by atoms with Crippen LogP contribution < -0.4 is 0 Å². The smallest absolute Gasteiger partial charge is 0.0670 e. The monoisotopic (exact) mass is 252 g/mol. The molecule has 80 valence electrons. The highest BCUT2D eigenvalue weighted by Gasteiger charge is 2.25. The molecule has 0 bridgehead atoms. The fraction of sp³-hybridized carbons (Fsp3) is 0.333. The van der Waals surface area contributed by atoms with Gasteiger partial charge in [0.2, 0.25) is 0 Å². The molecule has 2 rings (SSSR count). The molecule has 0 aliphatic heterocycles. The summed E-state index contributed by atoms with van der Waals surface area (Å²) < 4.78 is 0. The molecule has 0 radical (unpaired) electrons. The minimum atomic E-state index is -0.715. The maximum Gasteiger partial charge on any atom is 0.0670 e. The molecule has 0 saturated heterocycles. The van der Waals surface area contributed by atoms with Crippen molar-refractivity contribution in [2.24, 2.45) is 0 Å². The lowest BCUT2D eigenvalue weighted by Gasteiger charge is -2.10. The number of hydrogen-bond donors (Lipinski definition) is 0. The first-order chi connectivity index (χ1) is 7.17. The molecule has 0 unspecified atom stereocenters. The first-order valence-electron chi connectivity index (χ1n) is 5.15. The standard InChI is InChI=1S/C12H16S2Si/c1-13-9-5-8-6-11(14-2)12(15(3)4)10(8)7-9/h5-7,15H,1-4H3. The summed E-state index contributed by atoms with van der Waals surface area (Å²) in [5.74, 6) is 0. The van der Waals surface area contributed by atoms with E-state index in [1.807, 2.05) is 23.5 Å². The van der Waals surface area contributed by atoms with Crippen molar-refractivity contribution in [2.75, 3.05) is 12.5 Å². The van der Waals surface area contributed by atoms with Crippen molar-refractivity contribution in [1.82, 2.24) is 0 Å². The summed E-state index contributed by atoms with van der Waals surface area (Å²) >= 11 is 3.74. The Morgan fingerprint density at radius 2 is 1.73 bits per heavy atom. The first-order valence-corrected chi connectivity index (χ1v) is 10.5. The second-order valence-electron chi connectivity index (χ2n) is 4.05. The van der Waals surface area contributed by atoms with E-state index in [1.165, 1.54) is 21.0 Å². The highest BCUT2D eigenvalue weighted by molar-refractivity contribution is 8.03. The summed E-state index contributed by atoms with van der Waals surface area (Å²) in [4.78, 5) is 2.91. The van der Waals surface area contributed by atoms with Crippen molar-refractivity contribution in [3.05, 3.63) is 44.4 Å². The van der Waals surface area contributed by atoms with Crippen molar-refractivity contribution in [3.8, 4) is 0 Å². The van der Waals surface area contributed by atoms with Gasteiger partial charge in [-0.25, -0.2) is 0 Å². The Kier molecular flexibility index (Phi) is 3.33. The Balaban J connectivity index is 2.46. The summed E-state index contributed by atoms with van der Waals surface area (Å²) in [6.45, 7) is 4.83. The molecular formula is C12H16S2Si. The van der Waals surface area contributed by atoms with Gasteiger partial charge in [-0.1, -0.05) is 13.1 Å². The molecule has 15 heavy (non-hydrogen) atoms. The molecule has 0 heterocycles. The van der Waals surface area contributed by atoms with Gasteiger partial charge in [0.05, 0.1) is 8.80 Å². The molecule has 0 N–H and O–H groups in total. The molecule has 0 amide bonds. The van der Waals surface area contributed by atoms with Crippen LogP contribution in [-0.2, 0) is 0 Å². The molecule has 0 nitrogen and oxygen atoms in total. The van der Waals surface area contributed by atoms with Crippen LogP contribution in [0.25, 0.3) is 0 Å². The minimum Gasteiger partial charge on any atom is -0.130 e. The number of fused-ring (bicyclic) bond motifs is 1. The van der Waals surface area contributed by atoms with Gasteiger partial charge in [0.15, 0.2) is 0 Å². The number of thioether (sulfide) groups is 2. The Morgan fingerprint density at radius 1 is 1.00 bits per heavy atom. The summed E-state index contributed by atoms with van der Waals surface area (Å²) in [5, 5.41) is 1.66. The zero-order chi connectivity index (χ0) is 11.0. The van der Waals surface area contributed by atoms with Crippen molar-refractivity contribution >= 4 is 32.3 Å². The van der Waals surface area contributed by atoms with E-state index in [1.54, 1.807) is 5.20 Å². The molecule has 0 aromatic rings. The minimum absolute atomic E-state index is 0.715. The topological polar surface area (TPSA) is 0 Å². The third-order valence-electron chi connectivity index (χ3n) is 2.77. The van der Waals surface area contributed by atoms with Gasteiger partial charge in [-0.2, -0.15) is 0 Å². The van der Waals surface area contributed by atoms with Crippen LogP contribution in [-0.4, -0.2) is 21.3 Å². The van der Waals surface area contributed by atoms with E-state index in [0.717, 1.165) is 0 Å². The van der Waals surface area contributed by atoms with Crippen molar-refractivity contribution in [1.29, 1.82) is 0 Å². The molecule has 2 aliphatic carbocycles. The van der Waals surface area contributed by atoms with Crippen LogP contribution in [0, 0.1) is 0 Å². The maximum atomic E-state index is 2.42. The average molecular weight is 252 g/mol. The lowest BCUT2D eigenvalue weighted by Crippen LogP contribution is -2.06. The molecule has 0 aromatic carbocycles. The van der Waals surface area contributed by atoms with E-state index < -0.39 is 8.80 Å². The summed E-state index contributed by atoms with van der Waals surface area (Å²) in [5.41, 5.74) is 2.96. The molecule has 3 heteroatoms. The van der Waals surface area contributed by atoms with Crippen LogP contribution in [0.15, 0.2) is 44.4 Å². The van der Waals surface area contributed by atoms with Gasteiger partial charge < -0.3 is 0 Å². The van der Waals surface area contributed by atoms with E-state index in [4.69, 9.17) is 0 Å². The third-order valence-corrected chi connectivity index (χ3v) is 6.24. The largest absolute Gasteiger partial charge is 0.130 e. The van der Waals surface area contributed by atoms with Crippen molar-refractivity contribution in [3.63, 3.8) is 0 Å². The first kappa shape index (κ1) is 11.4. The molecule has 0 fully saturated rings. The molecule has 0 spiro atoms. The molecule has 2 aliphatic rings. The molecular weight excluding hydrogens is 236 g/mol. The SMILES string of the molecule is CSC1=CC2=C([SiH](C)C)C(SC)=CC2=C1. The summed E-state index contributed by atoms with van der Waals surface area (Å²) in [6, 6.07) is 0. The summed E-state index contributed by atoms with van der Waals surface area (Å²) in [7, 11) is -0.715. The van der Waals surface area contributed by atoms with Gasteiger partial charge in [-0.05, 0) is 47.1 Å². The lowest BCUT2D eigenvalue weighted by atomic mass is 10.2. The lowest BCUT2D eigenvalue weighted by molar-refractivity contribution is 1.65. The van der Waals surface area contributed by atoms with Gasteiger partial charge in [0.25, 0.3) is 0 Å². The highest BCUT2D eigenvalue weighted by Crippen LogP contribution is 2.43. The van der Waals surface area contributed by atoms with Gasteiger partial charge in [-0.15, -0.1) is 23.5 Å². The number of allylic oxidation sites excluding steroid dienone is 6. The predicted octanol–water partition coefficient (Wildman–Crippen LogP) is 3.76. The highest BCUT2D eigenvalue weighted by atomic mass is 32.2. The van der Waals surface area contributed by atoms with E-state index >= 15 is 0 Å². The predicted molar refractivity (Wildman–Crippen MR) is 77.2 cm³/mol. The quantitative estimate of drug-likeness (QED) is 0.702. The fourth-order valence-electron chi connectivity index (χ4n) is 2.08. The second kappa shape index (κ2) is 4.40. The normalized spacial score (nSPS) is 19.4. The van der Waals surface area contributed by atoms with E-state index in [-0.39, 0.29) is 0 Å². The van der Waals surface area contributed by atoms with Crippen LogP contribution in [0.5, 0.6) is 0 Å². The van der Waals surface area contributed by atoms with Crippen LogP contribution >= 0.6 is 23.5 Å². The van der Waals surface area contributed by atoms with E-state index in [2.05, 4.69) is 43.8 Å². The van der Waals surface area contributed by atoms with Crippen molar-refractivity contribution < 1.29 is 0 Å². The van der Waals surface area contributed by atoms with Gasteiger partial charge in [0.1, 0.15) is 0 Å². The van der Waals surface area contributed by atoms with Crippen LogP contribution in [0.3, 0.4) is 0 Å². The number of hydrogen-bond acceptors (Lipinski definition) is 2. The summed E-state index contributed by atoms with van der Waals surface area (Å²) in [6.07, 6.45) is 11.4. The molecule has 0 atom stereocenters. The zero-order valence-corrected chi connectivity index (χ0v) is 12.4. The zero-order valence-electron chi connectivity index (χ0n) is 9.63. The average Bonchev–Trinajstić information content (AvgIpc) is 2.71. The van der Waals surface area contributed by atoms with Crippen LogP contribution in [0.2, 0.25) is 13.1 Å². The molecule has 0 aromatic heterocycles. The second-order valence-corrected chi connectivity index (χ2v) is 8.66. The Bertz CT molecular complexity index is 411. The fourth-order valence-corrected chi connectivity index (χ4v) is 5.73. The van der Waals surface area contributed by atoms with Crippen LogP contribution in [0.1, 0.15) is 0 Å². The van der Waals surface area contributed by atoms with Crippen molar-refractivity contribution in [2.45, 2.75) is 13.1 Å². The molecule has 0 saturated carbocycles. The Hall–Kier alpha value is -0.123. The van der Waals surface area contributed by atoms with Gasteiger partial charge in [0, 0.05) is 9.81 Å². The maximum absolute atomic E-state index is 2.42. The Labute approximate surface area is 102 Å².